The van der Waals surface area contributed by atoms with Gasteiger partial charge in [-0.1, -0.05) is 25.7 Å². The van der Waals surface area contributed by atoms with Crippen molar-refractivity contribution in [1.82, 2.24) is 5.32 Å². The van der Waals surface area contributed by atoms with Gasteiger partial charge in [-0.3, -0.25) is 4.79 Å². The number of carbonyl (C=O) groups excluding carboxylic acids is 1. The number of amides is 1. The van der Waals surface area contributed by atoms with Crippen LogP contribution in [0.25, 0.3) is 0 Å². The molecule has 0 aromatic carbocycles. The van der Waals surface area contributed by atoms with Crippen molar-refractivity contribution in [1.29, 1.82) is 0 Å². The van der Waals surface area contributed by atoms with Gasteiger partial charge in [0.1, 0.15) is 0 Å². The molecule has 3 heteroatoms. The number of hydrogen-bond donors (Lipinski definition) is 2. The number of nitrogens with two attached hydrogens (primary N) is 1. The fraction of sp³-hybridized carbons (Fsp3) is 0.923. The average molecular weight is 224 g/mol. The van der Waals surface area contributed by atoms with Crippen molar-refractivity contribution in [2.75, 3.05) is 0 Å². The lowest BCUT2D eigenvalue weighted by atomic mass is 9.90. The first-order valence-corrected chi connectivity index (χ1v) is 6.80. The van der Waals surface area contributed by atoms with Gasteiger partial charge in [-0.2, -0.15) is 0 Å². The molecule has 0 aromatic rings. The fourth-order valence-electron chi connectivity index (χ4n) is 3.08. The van der Waals surface area contributed by atoms with E-state index in [1.54, 1.807) is 0 Å². The van der Waals surface area contributed by atoms with Crippen molar-refractivity contribution in [2.45, 2.75) is 69.9 Å². The molecule has 0 aromatic heterocycles. The highest BCUT2D eigenvalue weighted by molar-refractivity contribution is 5.76. The molecule has 2 aliphatic carbocycles. The van der Waals surface area contributed by atoms with Crippen molar-refractivity contribution < 1.29 is 4.79 Å². The Kier molecular flexibility index (Phi) is 4.22. The van der Waals surface area contributed by atoms with Gasteiger partial charge in [0, 0.05) is 18.5 Å². The van der Waals surface area contributed by atoms with Gasteiger partial charge in [0.05, 0.1) is 0 Å². The predicted octanol–water partition coefficient (Wildman–Crippen LogP) is 1.95. The molecular weight excluding hydrogens is 200 g/mol. The molecule has 2 atom stereocenters. The van der Waals surface area contributed by atoms with Crippen molar-refractivity contribution in [3.8, 4) is 0 Å². The predicted molar refractivity (Wildman–Crippen MR) is 64.9 cm³/mol. The van der Waals surface area contributed by atoms with Gasteiger partial charge in [-0.15, -0.1) is 0 Å². The summed E-state index contributed by atoms with van der Waals surface area (Å²) in [5.74, 6) is 0.870. The van der Waals surface area contributed by atoms with Crippen molar-refractivity contribution in [2.24, 2.45) is 11.7 Å². The van der Waals surface area contributed by atoms with Gasteiger partial charge < -0.3 is 11.1 Å². The molecule has 0 saturated heterocycles. The smallest absolute Gasteiger partial charge is 0.220 e. The number of nitrogens with one attached hydrogen (secondary N) is 1. The van der Waals surface area contributed by atoms with E-state index in [-0.39, 0.29) is 18.0 Å². The van der Waals surface area contributed by atoms with E-state index in [0.717, 1.165) is 19.3 Å². The summed E-state index contributed by atoms with van der Waals surface area (Å²) in [6, 6.07) is 0.420. The second-order valence-electron chi connectivity index (χ2n) is 5.48. The van der Waals surface area contributed by atoms with E-state index in [9.17, 15) is 4.79 Å². The van der Waals surface area contributed by atoms with Crippen LogP contribution in [0.1, 0.15) is 57.8 Å². The minimum atomic E-state index is 0.182. The Morgan fingerprint density at radius 3 is 2.38 bits per heavy atom. The maximum atomic E-state index is 11.8. The standard InChI is InChI=1S/C13H24N2O/c14-11-7-3-4-8-12(11)15-13(16)9-10-5-1-2-6-10/h10-12H,1-9,14H2,(H,15,16)/t11-,12-/m1/s1. The molecule has 92 valence electrons. The Morgan fingerprint density at radius 1 is 1.06 bits per heavy atom. The van der Waals surface area contributed by atoms with E-state index in [4.69, 9.17) is 5.73 Å². The maximum absolute atomic E-state index is 11.8. The molecule has 2 fully saturated rings. The third-order valence-corrected chi connectivity index (χ3v) is 4.11. The second-order valence-corrected chi connectivity index (χ2v) is 5.48. The van der Waals surface area contributed by atoms with Crippen molar-refractivity contribution in [3.63, 3.8) is 0 Å². The van der Waals surface area contributed by atoms with Crippen LogP contribution in [-0.2, 0) is 4.79 Å². The normalized spacial score (nSPS) is 31.6. The SMILES string of the molecule is N[C@@H]1CCCC[C@H]1NC(=O)CC1CCCC1. The van der Waals surface area contributed by atoms with Crippen LogP contribution in [0, 0.1) is 5.92 Å². The van der Waals surface area contributed by atoms with E-state index in [1.807, 2.05) is 0 Å². The summed E-state index contributed by atoms with van der Waals surface area (Å²) in [4.78, 5) is 11.8. The monoisotopic (exact) mass is 224 g/mol. The van der Waals surface area contributed by atoms with Crippen LogP contribution in [0.2, 0.25) is 0 Å². The van der Waals surface area contributed by atoms with Gasteiger partial charge in [0.2, 0.25) is 5.91 Å². The Labute approximate surface area is 98.2 Å². The zero-order valence-corrected chi connectivity index (χ0v) is 10.1. The summed E-state index contributed by atoms with van der Waals surface area (Å²) in [6.07, 6.45) is 10.4. The minimum absolute atomic E-state index is 0.182. The third-order valence-electron chi connectivity index (χ3n) is 4.11. The molecule has 1 amide bonds. The average Bonchev–Trinajstić information content (AvgIpc) is 2.74. The van der Waals surface area contributed by atoms with Gasteiger partial charge in [-0.25, -0.2) is 0 Å². The zero-order valence-electron chi connectivity index (χ0n) is 10.1. The molecule has 0 unspecified atom stereocenters. The van der Waals surface area contributed by atoms with E-state index >= 15 is 0 Å². The molecule has 3 N–H and O–H groups in total. The van der Waals surface area contributed by atoms with Crippen LogP contribution < -0.4 is 11.1 Å². The maximum Gasteiger partial charge on any atom is 0.220 e. The second kappa shape index (κ2) is 5.67. The lowest BCUT2D eigenvalue weighted by molar-refractivity contribution is -0.123. The van der Waals surface area contributed by atoms with Crippen LogP contribution in [0.3, 0.4) is 0 Å². The van der Waals surface area contributed by atoms with Crippen molar-refractivity contribution in [3.05, 3.63) is 0 Å². The summed E-state index contributed by atoms with van der Waals surface area (Å²) < 4.78 is 0. The molecule has 0 aliphatic heterocycles. The molecule has 0 radical (unpaired) electrons. The molecule has 2 saturated carbocycles. The minimum Gasteiger partial charge on any atom is -0.352 e. The van der Waals surface area contributed by atoms with Crippen LogP contribution in [0.15, 0.2) is 0 Å². The number of rotatable bonds is 3. The highest BCUT2D eigenvalue weighted by atomic mass is 16.1. The molecule has 0 heterocycles. The Balaban J connectivity index is 1.72. The van der Waals surface area contributed by atoms with Crippen LogP contribution in [-0.4, -0.2) is 18.0 Å². The highest BCUT2D eigenvalue weighted by Crippen LogP contribution is 2.27. The quantitative estimate of drug-likeness (QED) is 0.770. The lowest BCUT2D eigenvalue weighted by Crippen LogP contribution is -2.49. The summed E-state index contributed by atoms with van der Waals surface area (Å²) >= 11 is 0. The first kappa shape index (κ1) is 11.9. The highest BCUT2D eigenvalue weighted by Gasteiger charge is 2.25. The molecule has 3 nitrogen and oxygen atoms in total. The first-order chi connectivity index (χ1) is 7.75. The van der Waals surface area contributed by atoms with E-state index < -0.39 is 0 Å². The Bertz CT molecular complexity index is 236. The topological polar surface area (TPSA) is 55.1 Å². The van der Waals surface area contributed by atoms with Crippen LogP contribution in [0.5, 0.6) is 0 Å². The number of carbonyl (C=O) groups is 1. The Hall–Kier alpha value is -0.570. The van der Waals surface area contributed by atoms with Crippen LogP contribution >= 0.6 is 0 Å². The third kappa shape index (κ3) is 3.21. The molecule has 0 bridgehead atoms. The molecule has 2 aliphatic rings. The van der Waals surface area contributed by atoms with Gasteiger partial charge in [0.25, 0.3) is 0 Å². The van der Waals surface area contributed by atoms with Crippen molar-refractivity contribution >= 4 is 5.91 Å². The summed E-state index contributed by atoms with van der Waals surface area (Å²) in [7, 11) is 0. The zero-order chi connectivity index (χ0) is 11.4. The lowest BCUT2D eigenvalue weighted by Gasteiger charge is -2.29. The Morgan fingerprint density at radius 2 is 1.69 bits per heavy atom. The van der Waals surface area contributed by atoms with Gasteiger partial charge in [-0.05, 0) is 31.6 Å². The van der Waals surface area contributed by atoms with Gasteiger partial charge >= 0.3 is 0 Å². The fourth-order valence-corrected chi connectivity index (χ4v) is 3.08. The largest absolute Gasteiger partial charge is 0.352 e. The van der Waals surface area contributed by atoms with E-state index in [0.29, 0.717) is 5.92 Å². The van der Waals surface area contributed by atoms with Gasteiger partial charge in [0.15, 0.2) is 0 Å². The molecule has 16 heavy (non-hydrogen) atoms. The van der Waals surface area contributed by atoms with E-state index in [2.05, 4.69) is 5.32 Å². The van der Waals surface area contributed by atoms with E-state index in [1.165, 1.54) is 38.5 Å². The summed E-state index contributed by atoms with van der Waals surface area (Å²) in [6.45, 7) is 0. The first-order valence-electron chi connectivity index (χ1n) is 6.80. The molecule has 0 spiro atoms. The number of hydrogen-bond acceptors (Lipinski definition) is 2. The summed E-state index contributed by atoms with van der Waals surface area (Å²) in [5.41, 5.74) is 6.02. The molecule has 2 rings (SSSR count). The van der Waals surface area contributed by atoms with Crippen LogP contribution in [0.4, 0.5) is 0 Å². The molecular formula is C13H24N2O. The summed E-state index contributed by atoms with van der Waals surface area (Å²) in [5, 5.41) is 3.13.